The van der Waals surface area contributed by atoms with Crippen molar-refractivity contribution in [2.75, 3.05) is 37.6 Å². The van der Waals surface area contributed by atoms with Gasteiger partial charge in [0.15, 0.2) is 6.61 Å². The van der Waals surface area contributed by atoms with Crippen LogP contribution in [-0.4, -0.2) is 37.7 Å². The van der Waals surface area contributed by atoms with Crippen LogP contribution in [0.25, 0.3) is 0 Å². The maximum absolute atomic E-state index is 9.34. The van der Waals surface area contributed by atoms with Crippen LogP contribution in [0.3, 0.4) is 0 Å². The molecule has 0 bridgehead atoms. The molecule has 1 aromatic heterocycles. The molecule has 1 N–H and O–H groups in total. The van der Waals surface area contributed by atoms with Crippen LogP contribution in [0.5, 0.6) is 5.75 Å². The maximum Gasteiger partial charge on any atom is 0.236 e. The predicted octanol–water partition coefficient (Wildman–Crippen LogP) is 2.16. The number of aromatic nitrogens is 1. The second-order valence-corrected chi connectivity index (χ2v) is 6.67. The van der Waals surface area contributed by atoms with Crippen molar-refractivity contribution in [3.05, 3.63) is 39.8 Å². The van der Waals surface area contributed by atoms with Crippen LogP contribution < -0.4 is 14.5 Å². The van der Waals surface area contributed by atoms with Gasteiger partial charge in [0.1, 0.15) is 11.8 Å². The van der Waals surface area contributed by atoms with Crippen LogP contribution in [0.4, 0.5) is 5.88 Å². The number of oxazole rings is 1. The van der Waals surface area contributed by atoms with E-state index in [1.54, 1.807) is 23.1 Å². The van der Waals surface area contributed by atoms with Crippen LogP contribution in [-0.2, 0) is 6.61 Å². The molecule has 8 heteroatoms. The summed E-state index contributed by atoms with van der Waals surface area (Å²) in [5.74, 6) is 1.37. The molecule has 0 saturated carbocycles. The van der Waals surface area contributed by atoms with Crippen LogP contribution in [0.15, 0.2) is 22.6 Å². The van der Waals surface area contributed by atoms with Crippen molar-refractivity contribution in [1.29, 1.82) is 5.26 Å². The van der Waals surface area contributed by atoms with Gasteiger partial charge in [-0.05, 0) is 25.1 Å². The van der Waals surface area contributed by atoms with Crippen LogP contribution in [0, 0.1) is 11.3 Å². The maximum atomic E-state index is 9.34. The summed E-state index contributed by atoms with van der Waals surface area (Å²) in [6.07, 6.45) is 0. The minimum Gasteiger partial charge on any atom is -0.482 e. The predicted molar refractivity (Wildman–Crippen MR) is 95.5 cm³/mol. The van der Waals surface area contributed by atoms with Crippen LogP contribution >= 0.6 is 23.2 Å². The highest BCUT2D eigenvalue weighted by Gasteiger charge is 2.25. The average molecular weight is 382 g/mol. The summed E-state index contributed by atoms with van der Waals surface area (Å²) in [4.78, 5) is 7.86. The van der Waals surface area contributed by atoms with Crippen molar-refractivity contribution in [1.82, 2.24) is 4.98 Å². The summed E-state index contributed by atoms with van der Waals surface area (Å²) in [6.45, 7) is 7.11. The number of hydrogen-bond donors (Lipinski definition) is 1. The number of ether oxygens (including phenoxy) is 1. The summed E-state index contributed by atoms with van der Waals surface area (Å²) in [5.41, 5.74) is 0.292. The van der Waals surface area contributed by atoms with Crippen molar-refractivity contribution in [2.24, 2.45) is 0 Å². The summed E-state index contributed by atoms with van der Waals surface area (Å²) < 4.78 is 11.4. The van der Waals surface area contributed by atoms with Gasteiger partial charge in [-0.15, -0.1) is 0 Å². The molecule has 25 heavy (non-hydrogen) atoms. The van der Waals surface area contributed by atoms with E-state index in [1.807, 2.05) is 0 Å². The number of nitrogens with one attached hydrogen (secondary N) is 1. The molecule has 132 valence electrons. The van der Waals surface area contributed by atoms with E-state index in [9.17, 15) is 5.26 Å². The normalized spacial score (nSPS) is 15.2. The smallest absolute Gasteiger partial charge is 0.236 e. The highest BCUT2D eigenvalue weighted by molar-refractivity contribution is 6.35. The first-order valence-corrected chi connectivity index (χ1v) is 8.92. The lowest BCUT2D eigenvalue weighted by Gasteiger charge is -2.31. The third-order valence-corrected chi connectivity index (χ3v) is 4.79. The van der Waals surface area contributed by atoms with Gasteiger partial charge in [0.25, 0.3) is 0 Å². The number of piperazine rings is 1. The van der Waals surface area contributed by atoms with Gasteiger partial charge >= 0.3 is 0 Å². The molecule has 1 saturated heterocycles. The summed E-state index contributed by atoms with van der Waals surface area (Å²) in [6, 6.07) is 7.09. The van der Waals surface area contributed by atoms with E-state index in [4.69, 9.17) is 32.4 Å². The molecular formula is C17H19Cl2N4O2+. The topological polar surface area (TPSA) is 66.7 Å². The average Bonchev–Trinajstić information content (AvgIpc) is 3.04. The Balaban J connectivity index is 1.69. The summed E-state index contributed by atoms with van der Waals surface area (Å²) in [5, 5.41) is 10.3. The molecule has 1 aliphatic heterocycles. The molecule has 0 unspecified atom stereocenters. The van der Waals surface area contributed by atoms with Gasteiger partial charge in [0.05, 0.1) is 37.7 Å². The summed E-state index contributed by atoms with van der Waals surface area (Å²) in [7, 11) is 0. The van der Waals surface area contributed by atoms with E-state index in [-0.39, 0.29) is 6.61 Å². The molecule has 1 aliphatic rings. The first kappa shape index (κ1) is 17.9. The third kappa shape index (κ3) is 4.18. The fourth-order valence-corrected chi connectivity index (χ4v) is 3.28. The number of nitriles is 1. The minimum absolute atomic E-state index is 0.0935. The molecule has 0 aliphatic carbocycles. The largest absolute Gasteiger partial charge is 0.482 e. The molecule has 6 nitrogen and oxygen atoms in total. The zero-order chi connectivity index (χ0) is 17.8. The molecule has 0 atom stereocenters. The van der Waals surface area contributed by atoms with Crippen LogP contribution in [0.1, 0.15) is 18.5 Å². The Morgan fingerprint density at radius 3 is 2.76 bits per heavy atom. The van der Waals surface area contributed by atoms with Crippen molar-refractivity contribution in [3.63, 3.8) is 0 Å². The van der Waals surface area contributed by atoms with Gasteiger partial charge in [-0.3, -0.25) is 0 Å². The highest BCUT2D eigenvalue weighted by Crippen LogP contribution is 2.29. The fraction of sp³-hybridized carbons (Fsp3) is 0.412. The van der Waals surface area contributed by atoms with Gasteiger partial charge in [-0.1, -0.05) is 23.2 Å². The molecule has 0 radical (unpaired) electrons. The van der Waals surface area contributed by atoms with Gasteiger partial charge in [-0.25, -0.2) is 0 Å². The molecular weight excluding hydrogens is 363 g/mol. The number of halogens is 2. The Bertz CT molecular complexity index is 779. The monoisotopic (exact) mass is 381 g/mol. The lowest BCUT2D eigenvalue weighted by Crippen LogP contribution is -3.14. The quantitative estimate of drug-likeness (QED) is 0.859. The van der Waals surface area contributed by atoms with Crippen molar-refractivity contribution >= 4 is 29.1 Å². The molecule has 1 fully saturated rings. The third-order valence-electron chi connectivity index (χ3n) is 4.26. The van der Waals surface area contributed by atoms with Gasteiger partial charge < -0.3 is 19.0 Å². The highest BCUT2D eigenvalue weighted by atomic mass is 35.5. The van der Waals surface area contributed by atoms with Crippen molar-refractivity contribution in [3.8, 4) is 11.8 Å². The molecule has 2 aromatic rings. The Morgan fingerprint density at radius 2 is 2.12 bits per heavy atom. The molecule has 0 spiro atoms. The standard InChI is InChI=1S/C17H18Cl2N4O2/c1-2-22-5-7-23(8-6-22)17-14(10-20)21-16(25-17)11-24-15-4-3-12(18)9-13(15)19/h3-4,9H,2,5-8,11H2,1H3/p+1. The molecule has 0 amide bonds. The second kappa shape index (κ2) is 7.96. The molecule has 3 rings (SSSR count). The zero-order valence-corrected chi connectivity index (χ0v) is 15.4. The molecule has 1 aromatic carbocycles. The van der Waals surface area contributed by atoms with Crippen molar-refractivity contribution in [2.45, 2.75) is 13.5 Å². The number of anilines is 1. The molecule has 2 heterocycles. The zero-order valence-electron chi connectivity index (χ0n) is 13.9. The number of nitrogens with zero attached hydrogens (tertiary/aromatic N) is 3. The van der Waals surface area contributed by atoms with E-state index < -0.39 is 0 Å². The lowest BCUT2D eigenvalue weighted by molar-refractivity contribution is -0.898. The van der Waals surface area contributed by atoms with E-state index in [1.165, 1.54) is 0 Å². The van der Waals surface area contributed by atoms with E-state index in [0.29, 0.717) is 33.3 Å². The Labute approximate surface area is 156 Å². The van der Waals surface area contributed by atoms with Gasteiger partial charge in [-0.2, -0.15) is 10.2 Å². The number of rotatable bonds is 5. The number of likely N-dealkylation sites (N-methyl/N-ethyl adjacent to an activating group) is 1. The Kier molecular flexibility index (Phi) is 5.69. The Morgan fingerprint density at radius 1 is 1.36 bits per heavy atom. The first-order valence-electron chi connectivity index (χ1n) is 8.17. The second-order valence-electron chi connectivity index (χ2n) is 5.83. The van der Waals surface area contributed by atoms with Crippen LogP contribution in [0.2, 0.25) is 10.0 Å². The SMILES string of the molecule is CC[NH+]1CCN(c2oc(COc3ccc(Cl)cc3Cl)nc2C#N)CC1. The number of hydrogen-bond acceptors (Lipinski definition) is 5. The van der Waals surface area contributed by atoms with Gasteiger partial charge in [0, 0.05) is 5.02 Å². The summed E-state index contributed by atoms with van der Waals surface area (Å²) >= 11 is 12.0. The number of quaternary nitrogens is 1. The lowest BCUT2D eigenvalue weighted by atomic mass is 10.3. The van der Waals surface area contributed by atoms with E-state index >= 15 is 0 Å². The van der Waals surface area contributed by atoms with Crippen molar-refractivity contribution < 1.29 is 14.1 Å². The first-order chi connectivity index (χ1) is 12.1. The Hall–Kier alpha value is -1.94. The van der Waals surface area contributed by atoms with E-state index in [0.717, 1.165) is 32.7 Å². The number of benzene rings is 1. The minimum atomic E-state index is 0.0935. The van der Waals surface area contributed by atoms with Gasteiger partial charge in [0.2, 0.25) is 17.5 Å². The fourth-order valence-electron chi connectivity index (χ4n) is 2.82. The van der Waals surface area contributed by atoms with E-state index in [2.05, 4.69) is 22.9 Å².